The molecule has 0 aliphatic heterocycles. The number of aromatic amines is 1. The van der Waals surface area contributed by atoms with Crippen molar-refractivity contribution in [2.24, 2.45) is 14.1 Å². The summed E-state index contributed by atoms with van der Waals surface area (Å²) >= 11 is 0. The van der Waals surface area contributed by atoms with Crippen molar-refractivity contribution in [3.8, 4) is 11.1 Å². The fourth-order valence-corrected chi connectivity index (χ4v) is 2.11. The van der Waals surface area contributed by atoms with E-state index in [1.807, 2.05) is 37.1 Å². The third kappa shape index (κ3) is 1.39. The molecule has 86 valence electrons. The Labute approximate surface area is 97.3 Å². The standard InChI is InChI=1S/C12H12N4O/c1-15-4-3-9-10(6-13-12(17)11(9)15)8-5-14-16(2)7-8/h3-7H,1-2H3,(H,13,17). The quantitative estimate of drug-likeness (QED) is 0.681. The molecule has 3 aromatic heterocycles. The molecule has 3 aromatic rings. The van der Waals surface area contributed by atoms with Crippen LogP contribution in [0.5, 0.6) is 0 Å². The monoisotopic (exact) mass is 228 g/mol. The molecule has 1 N–H and O–H groups in total. The van der Waals surface area contributed by atoms with Gasteiger partial charge in [0.05, 0.1) is 6.20 Å². The normalized spacial score (nSPS) is 11.2. The Morgan fingerprint density at radius 3 is 2.88 bits per heavy atom. The van der Waals surface area contributed by atoms with Crippen LogP contribution in [0, 0.1) is 0 Å². The van der Waals surface area contributed by atoms with Crippen molar-refractivity contribution in [1.82, 2.24) is 19.3 Å². The summed E-state index contributed by atoms with van der Waals surface area (Å²) in [4.78, 5) is 14.5. The van der Waals surface area contributed by atoms with E-state index >= 15 is 0 Å². The highest BCUT2D eigenvalue weighted by Gasteiger charge is 2.10. The van der Waals surface area contributed by atoms with Gasteiger partial charge in [0.1, 0.15) is 5.52 Å². The summed E-state index contributed by atoms with van der Waals surface area (Å²) in [6.45, 7) is 0. The van der Waals surface area contributed by atoms with Crippen LogP contribution in [-0.2, 0) is 14.1 Å². The van der Waals surface area contributed by atoms with Crippen LogP contribution in [0.4, 0.5) is 0 Å². The fourth-order valence-electron chi connectivity index (χ4n) is 2.11. The molecule has 0 fully saturated rings. The van der Waals surface area contributed by atoms with Gasteiger partial charge in [-0.15, -0.1) is 0 Å². The van der Waals surface area contributed by atoms with E-state index in [2.05, 4.69) is 10.1 Å². The number of aromatic nitrogens is 4. The first-order valence-electron chi connectivity index (χ1n) is 5.32. The zero-order valence-electron chi connectivity index (χ0n) is 9.64. The zero-order valence-corrected chi connectivity index (χ0v) is 9.64. The molecule has 3 heterocycles. The highest BCUT2D eigenvalue weighted by molar-refractivity contribution is 5.94. The SMILES string of the molecule is Cn1cc(-c2c[nH]c(=O)c3c2ccn3C)cn1. The second kappa shape index (κ2) is 3.35. The summed E-state index contributed by atoms with van der Waals surface area (Å²) in [6, 6.07) is 1.95. The van der Waals surface area contributed by atoms with E-state index in [9.17, 15) is 4.79 Å². The lowest BCUT2D eigenvalue weighted by Gasteiger charge is -2.00. The summed E-state index contributed by atoms with van der Waals surface area (Å²) < 4.78 is 3.57. The minimum absolute atomic E-state index is 0.0693. The number of aryl methyl sites for hydroxylation is 2. The minimum Gasteiger partial charge on any atom is -0.346 e. The van der Waals surface area contributed by atoms with E-state index in [1.165, 1.54) is 0 Å². The number of nitrogens with zero attached hydrogens (tertiary/aromatic N) is 3. The number of rotatable bonds is 1. The van der Waals surface area contributed by atoms with Crippen LogP contribution in [0.15, 0.2) is 35.6 Å². The predicted octanol–water partition coefficient (Wildman–Crippen LogP) is 1.27. The smallest absolute Gasteiger partial charge is 0.272 e. The lowest BCUT2D eigenvalue weighted by molar-refractivity contribution is 0.768. The molecule has 0 saturated carbocycles. The molecule has 5 nitrogen and oxygen atoms in total. The van der Waals surface area contributed by atoms with Crippen LogP contribution >= 0.6 is 0 Å². The van der Waals surface area contributed by atoms with Gasteiger partial charge in [-0.25, -0.2) is 0 Å². The largest absolute Gasteiger partial charge is 0.346 e. The Morgan fingerprint density at radius 1 is 1.35 bits per heavy atom. The molecule has 0 atom stereocenters. The van der Waals surface area contributed by atoms with E-state index in [-0.39, 0.29) is 5.56 Å². The van der Waals surface area contributed by atoms with Gasteiger partial charge in [-0.05, 0) is 6.07 Å². The highest BCUT2D eigenvalue weighted by atomic mass is 16.1. The fraction of sp³-hybridized carbons (Fsp3) is 0.167. The van der Waals surface area contributed by atoms with Crippen LogP contribution in [-0.4, -0.2) is 19.3 Å². The molecule has 0 aromatic carbocycles. The van der Waals surface area contributed by atoms with Crippen molar-refractivity contribution in [2.45, 2.75) is 0 Å². The van der Waals surface area contributed by atoms with Gasteiger partial charge in [-0.3, -0.25) is 9.48 Å². The first-order valence-corrected chi connectivity index (χ1v) is 5.32. The first-order chi connectivity index (χ1) is 8.16. The molecule has 5 heteroatoms. The molecule has 0 saturated heterocycles. The predicted molar refractivity (Wildman–Crippen MR) is 65.7 cm³/mol. The molecule has 0 aliphatic carbocycles. The lowest BCUT2D eigenvalue weighted by Crippen LogP contribution is -2.08. The second-order valence-electron chi connectivity index (χ2n) is 4.12. The Hall–Kier alpha value is -2.30. The molecule has 0 amide bonds. The van der Waals surface area contributed by atoms with Crippen LogP contribution in [0.3, 0.4) is 0 Å². The van der Waals surface area contributed by atoms with Crippen LogP contribution in [0.2, 0.25) is 0 Å². The van der Waals surface area contributed by atoms with Crippen LogP contribution < -0.4 is 5.56 Å². The molecule has 17 heavy (non-hydrogen) atoms. The van der Waals surface area contributed by atoms with Crippen molar-refractivity contribution < 1.29 is 0 Å². The van der Waals surface area contributed by atoms with Crippen LogP contribution in [0.1, 0.15) is 0 Å². The minimum atomic E-state index is -0.0693. The van der Waals surface area contributed by atoms with Gasteiger partial charge in [0.25, 0.3) is 5.56 Å². The molecule has 0 bridgehead atoms. The van der Waals surface area contributed by atoms with E-state index < -0.39 is 0 Å². The number of H-pyrrole nitrogens is 1. The second-order valence-corrected chi connectivity index (χ2v) is 4.12. The molecule has 0 radical (unpaired) electrons. The van der Waals surface area contributed by atoms with Gasteiger partial charge in [-0.2, -0.15) is 5.10 Å². The maximum Gasteiger partial charge on any atom is 0.272 e. The van der Waals surface area contributed by atoms with Gasteiger partial charge in [0, 0.05) is 49.2 Å². The molecular formula is C12H12N4O. The topological polar surface area (TPSA) is 55.6 Å². The van der Waals surface area contributed by atoms with Crippen molar-refractivity contribution in [1.29, 1.82) is 0 Å². The summed E-state index contributed by atoms with van der Waals surface area (Å²) in [7, 11) is 3.74. The lowest BCUT2D eigenvalue weighted by atomic mass is 10.1. The Bertz CT molecular complexity index is 747. The van der Waals surface area contributed by atoms with E-state index in [0.29, 0.717) is 5.52 Å². The van der Waals surface area contributed by atoms with Gasteiger partial charge in [-0.1, -0.05) is 0 Å². The third-order valence-electron chi connectivity index (χ3n) is 2.94. The Balaban J connectivity index is 2.38. The van der Waals surface area contributed by atoms with Crippen molar-refractivity contribution in [3.05, 3.63) is 41.2 Å². The van der Waals surface area contributed by atoms with E-state index in [1.54, 1.807) is 17.1 Å². The van der Waals surface area contributed by atoms with Crippen molar-refractivity contribution >= 4 is 10.9 Å². The average Bonchev–Trinajstić information content (AvgIpc) is 2.87. The van der Waals surface area contributed by atoms with Gasteiger partial charge >= 0.3 is 0 Å². The Kier molecular flexibility index (Phi) is 1.95. The summed E-state index contributed by atoms with van der Waals surface area (Å²) in [6.07, 6.45) is 7.35. The van der Waals surface area contributed by atoms with E-state index in [4.69, 9.17) is 0 Å². The average molecular weight is 228 g/mol. The molecular weight excluding hydrogens is 216 g/mol. The maximum absolute atomic E-state index is 11.8. The summed E-state index contributed by atoms with van der Waals surface area (Å²) in [5.41, 5.74) is 2.61. The van der Waals surface area contributed by atoms with Gasteiger partial charge in [0.2, 0.25) is 0 Å². The van der Waals surface area contributed by atoms with Crippen LogP contribution in [0.25, 0.3) is 22.0 Å². The third-order valence-corrected chi connectivity index (χ3v) is 2.94. The van der Waals surface area contributed by atoms with Gasteiger partial charge < -0.3 is 9.55 Å². The van der Waals surface area contributed by atoms with E-state index in [0.717, 1.165) is 16.5 Å². The summed E-state index contributed by atoms with van der Waals surface area (Å²) in [5.74, 6) is 0. The number of fused-ring (bicyclic) bond motifs is 1. The van der Waals surface area contributed by atoms with Crippen molar-refractivity contribution in [3.63, 3.8) is 0 Å². The number of hydrogen-bond donors (Lipinski definition) is 1. The first kappa shape index (κ1) is 9.89. The zero-order chi connectivity index (χ0) is 12.0. The molecule has 0 aliphatic rings. The summed E-state index contributed by atoms with van der Waals surface area (Å²) in [5, 5.41) is 5.10. The van der Waals surface area contributed by atoms with Gasteiger partial charge in [0.15, 0.2) is 0 Å². The molecule has 3 rings (SSSR count). The maximum atomic E-state index is 11.8. The Morgan fingerprint density at radius 2 is 2.18 bits per heavy atom. The molecule has 0 unspecified atom stereocenters. The number of nitrogens with one attached hydrogen (secondary N) is 1. The number of pyridine rings is 1. The molecule has 0 spiro atoms. The highest BCUT2D eigenvalue weighted by Crippen LogP contribution is 2.25. The number of hydrogen-bond acceptors (Lipinski definition) is 2. The van der Waals surface area contributed by atoms with Crippen molar-refractivity contribution in [2.75, 3.05) is 0 Å².